The lowest BCUT2D eigenvalue weighted by atomic mass is 9.41. The zero-order chi connectivity index (χ0) is 19.4. The summed E-state index contributed by atoms with van der Waals surface area (Å²) in [6.07, 6.45) is 0. The smallest absolute Gasteiger partial charge is 0.179 e. The number of ketones is 2. The Morgan fingerprint density at radius 1 is 0.962 bits per heavy atom. The molecule has 2 unspecified atom stereocenters. The van der Waals surface area contributed by atoms with Crippen LogP contribution in [0.25, 0.3) is 5.57 Å². The van der Waals surface area contributed by atoms with Crippen LogP contribution in [-0.2, 0) is 9.59 Å². The van der Waals surface area contributed by atoms with Crippen LogP contribution in [0.4, 0.5) is 5.69 Å². The first-order valence-electron chi connectivity index (χ1n) is 7.89. The van der Waals surface area contributed by atoms with Crippen molar-refractivity contribution >= 4 is 46.0 Å². The molecule has 0 spiro atoms. The van der Waals surface area contributed by atoms with Crippen LogP contribution in [0.1, 0.15) is 12.5 Å². The molecule has 1 fully saturated rings. The van der Waals surface area contributed by atoms with Gasteiger partial charge in [0.2, 0.25) is 0 Å². The number of nitriles is 2. The van der Waals surface area contributed by atoms with Gasteiger partial charge in [0.05, 0.1) is 12.1 Å². The molecule has 2 aliphatic rings. The first-order chi connectivity index (χ1) is 12.2. The summed E-state index contributed by atoms with van der Waals surface area (Å²) in [4.78, 5) is 27.7. The van der Waals surface area contributed by atoms with E-state index in [0.29, 0.717) is 16.7 Å². The SMILES string of the molecule is CC1=C(c2ccc(N(C)C)cc2)[C@@]2(C#N)C(=O)C(Cl)C(Cl)C(=O)[C@@]12C#N. The van der Waals surface area contributed by atoms with Crippen molar-refractivity contribution in [3.05, 3.63) is 35.4 Å². The second-order valence-electron chi connectivity index (χ2n) is 6.70. The molecule has 0 radical (unpaired) electrons. The maximum Gasteiger partial charge on any atom is 0.179 e. The molecule has 132 valence electrons. The zero-order valence-electron chi connectivity index (χ0n) is 14.4. The molecule has 5 nitrogen and oxygen atoms in total. The molecule has 0 saturated heterocycles. The summed E-state index contributed by atoms with van der Waals surface area (Å²) < 4.78 is 0. The number of benzene rings is 1. The first kappa shape index (κ1) is 18.5. The van der Waals surface area contributed by atoms with Crippen molar-refractivity contribution in [1.29, 1.82) is 10.5 Å². The fraction of sp³-hybridized carbons (Fsp3) is 0.368. The molecule has 2 aliphatic carbocycles. The maximum absolute atomic E-state index is 13.0. The number of alkyl halides is 2. The van der Waals surface area contributed by atoms with Crippen LogP contribution in [0.15, 0.2) is 29.8 Å². The average Bonchev–Trinajstić information content (AvgIpc) is 2.64. The molecular weight excluding hydrogens is 373 g/mol. The molecular formula is C19H15Cl2N3O2. The van der Waals surface area contributed by atoms with E-state index >= 15 is 0 Å². The topological polar surface area (TPSA) is 85.0 Å². The van der Waals surface area contributed by atoms with Crippen LogP contribution in [0.5, 0.6) is 0 Å². The van der Waals surface area contributed by atoms with Crippen LogP contribution in [0.3, 0.4) is 0 Å². The van der Waals surface area contributed by atoms with Crippen LogP contribution >= 0.6 is 23.2 Å². The number of hydrogen-bond acceptors (Lipinski definition) is 5. The first-order valence-corrected chi connectivity index (χ1v) is 8.76. The number of hydrogen-bond donors (Lipinski definition) is 0. The molecule has 0 amide bonds. The van der Waals surface area contributed by atoms with Gasteiger partial charge < -0.3 is 4.90 Å². The molecule has 1 aromatic carbocycles. The minimum Gasteiger partial charge on any atom is -0.378 e. The Hall–Kier alpha value is -2.34. The predicted octanol–water partition coefficient (Wildman–Crippen LogP) is 2.93. The van der Waals surface area contributed by atoms with Crippen molar-refractivity contribution in [3.63, 3.8) is 0 Å². The summed E-state index contributed by atoms with van der Waals surface area (Å²) in [6, 6.07) is 11.1. The summed E-state index contributed by atoms with van der Waals surface area (Å²) in [6.45, 7) is 1.59. The van der Waals surface area contributed by atoms with Crippen molar-refractivity contribution in [2.24, 2.45) is 10.8 Å². The third kappa shape index (κ3) is 1.85. The fourth-order valence-electron chi connectivity index (χ4n) is 4.01. The lowest BCUT2D eigenvalue weighted by molar-refractivity contribution is -0.142. The van der Waals surface area contributed by atoms with Crippen LogP contribution < -0.4 is 4.90 Å². The highest BCUT2D eigenvalue weighted by atomic mass is 35.5. The van der Waals surface area contributed by atoms with Gasteiger partial charge in [0, 0.05) is 19.8 Å². The standard InChI is InChI=1S/C19H15Cl2N3O2/c1-10-13(11-4-6-12(7-5-11)24(2)3)19(9-23)17(26)15(21)14(20)16(25)18(10,19)8-22/h4-7,14-15H,1-3H3/t14?,15?,18-,19+/m1/s1. The summed E-state index contributed by atoms with van der Waals surface area (Å²) in [7, 11) is 3.78. The van der Waals surface area contributed by atoms with E-state index in [2.05, 4.69) is 0 Å². The number of carbonyl (C=O) groups is 2. The predicted molar refractivity (Wildman–Crippen MR) is 98.8 cm³/mol. The minimum absolute atomic E-state index is 0.374. The van der Waals surface area contributed by atoms with E-state index in [0.717, 1.165) is 5.69 Å². The Kier molecular flexibility index (Phi) is 4.15. The van der Waals surface area contributed by atoms with Gasteiger partial charge in [-0.1, -0.05) is 12.1 Å². The third-order valence-corrected chi connectivity index (χ3v) is 6.41. The summed E-state index contributed by atoms with van der Waals surface area (Å²) in [5, 5.41) is 17.0. The van der Waals surface area contributed by atoms with Gasteiger partial charge >= 0.3 is 0 Å². The molecule has 0 heterocycles. The van der Waals surface area contributed by atoms with Crippen molar-refractivity contribution < 1.29 is 9.59 Å². The van der Waals surface area contributed by atoms with Crippen molar-refractivity contribution in [1.82, 2.24) is 0 Å². The quantitative estimate of drug-likeness (QED) is 0.728. The molecule has 0 aliphatic heterocycles. The normalized spacial score (nSPS) is 33.0. The van der Waals surface area contributed by atoms with Gasteiger partial charge in [-0.15, -0.1) is 23.2 Å². The lowest BCUT2D eigenvalue weighted by Gasteiger charge is -2.55. The van der Waals surface area contributed by atoms with E-state index in [4.69, 9.17) is 23.2 Å². The Labute approximate surface area is 161 Å². The number of anilines is 1. The van der Waals surface area contributed by atoms with Gasteiger partial charge in [-0.25, -0.2) is 0 Å². The molecule has 0 N–H and O–H groups in total. The third-order valence-electron chi connectivity index (χ3n) is 5.38. The highest BCUT2D eigenvalue weighted by molar-refractivity contribution is 6.48. The number of Topliss-reactive ketones (excluding diaryl/α,β-unsaturated/α-hetero) is 2. The number of fused-ring (bicyclic) bond motifs is 1. The summed E-state index contributed by atoms with van der Waals surface area (Å²) in [5.74, 6) is -1.38. The molecule has 1 saturated carbocycles. The highest BCUT2D eigenvalue weighted by Gasteiger charge is 2.77. The molecule has 26 heavy (non-hydrogen) atoms. The maximum atomic E-state index is 13.0. The molecule has 1 aromatic rings. The van der Waals surface area contributed by atoms with Gasteiger partial charge in [0.15, 0.2) is 22.4 Å². The minimum atomic E-state index is -1.93. The number of carbonyl (C=O) groups excluding carboxylic acids is 2. The molecule has 0 bridgehead atoms. The number of nitrogens with zero attached hydrogens (tertiary/aromatic N) is 3. The second-order valence-corrected chi connectivity index (χ2v) is 7.64. The Balaban J connectivity index is 2.28. The van der Waals surface area contributed by atoms with E-state index in [9.17, 15) is 20.1 Å². The highest BCUT2D eigenvalue weighted by Crippen LogP contribution is 2.68. The number of halogens is 2. The number of allylic oxidation sites excluding steroid dienone is 2. The van der Waals surface area contributed by atoms with Gasteiger partial charge in [-0.05, 0) is 35.8 Å². The Morgan fingerprint density at radius 3 is 1.85 bits per heavy atom. The van der Waals surface area contributed by atoms with Crippen molar-refractivity contribution in [2.45, 2.75) is 17.7 Å². The second kappa shape index (κ2) is 5.84. The van der Waals surface area contributed by atoms with Gasteiger partial charge in [0.25, 0.3) is 0 Å². The van der Waals surface area contributed by atoms with E-state index < -0.39 is 33.2 Å². The van der Waals surface area contributed by atoms with E-state index in [1.165, 1.54) is 0 Å². The van der Waals surface area contributed by atoms with E-state index in [1.807, 2.05) is 43.3 Å². The molecule has 7 heteroatoms. The van der Waals surface area contributed by atoms with Crippen molar-refractivity contribution in [3.8, 4) is 12.1 Å². The van der Waals surface area contributed by atoms with Crippen LogP contribution in [0.2, 0.25) is 0 Å². The van der Waals surface area contributed by atoms with Gasteiger partial charge in [-0.2, -0.15) is 10.5 Å². The van der Waals surface area contributed by atoms with Gasteiger partial charge in [-0.3, -0.25) is 9.59 Å². The summed E-state index contributed by atoms with van der Waals surface area (Å²) >= 11 is 12.1. The molecule has 3 rings (SSSR count). The van der Waals surface area contributed by atoms with Crippen LogP contribution in [0, 0.1) is 33.5 Å². The van der Waals surface area contributed by atoms with E-state index in [1.54, 1.807) is 19.1 Å². The van der Waals surface area contributed by atoms with Crippen molar-refractivity contribution in [2.75, 3.05) is 19.0 Å². The lowest BCUT2D eigenvalue weighted by Crippen LogP contribution is -2.68. The molecule has 4 atom stereocenters. The monoisotopic (exact) mass is 387 g/mol. The van der Waals surface area contributed by atoms with Crippen LogP contribution in [-0.4, -0.2) is 36.4 Å². The van der Waals surface area contributed by atoms with E-state index in [-0.39, 0.29) is 0 Å². The van der Waals surface area contributed by atoms with Gasteiger partial charge in [0.1, 0.15) is 10.8 Å². The summed E-state index contributed by atoms with van der Waals surface area (Å²) in [5.41, 5.74) is -1.51. The largest absolute Gasteiger partial charge is 0.378 e. The number of rotatable bonds is 2. The average molecular weight is 388 g/mol. The molecule has 0 aromatic heterocycles. The Morgan fingerprint density at radius 2 is 1.42 bits per heavy atom. The Bertz CT molecular complexity index is 939. The zero-order valence-corrected chi connectivity index (χ0v) is 15.9. The fourth-order valence-corrected chi connectivity index (χ4v) is 4.57.